The van der Waals surface area contributed by atoms with Crippen LogP contribution in [0, 0.1) is 18.3 Å². The van der Waals surface area contributed by atoms with Crippen LogP contribution in [0.4, 0.5) is 0 Å². The molecule has 7 nitrogen and oxygen atoms in total. The number of likely N-dealkylation sites (N-methyl/N-ethyl adjacent to an activating group) is 1. The lowest BCUT2D eigenvalue weighted by Crippen LogP contribution is -2.40. The Hall–Kier alpha value is -3.54. The summed E-state index contributed by atoms with van der Waals surface area (Å²) in [5.74, 6) is -0.322. The number of pyridine rings is 1. The van der Waals surface area contributed by atoms with Crippen LogP contribution in [0.25, 0.3) is 0 Å². The summed E-state index contributed by atoms with van der Waals surface area (Å²) in [5, 5.41) is 8.92. The van der Waals surface area contributed by atoms with E-state index in [-0.39, 0.29) is 17.3 Å². The van der Waals surface area contributed by atoms with Crippen LogP contribution in [0.15, 0.2) is 78.0 Å². The lowest BCUT2D eigenvalue weighted by molar-refractivity contribution is -0.132. The molecule has 32 heavy (non-hydrogen) atoms. The van der Waals surface area contributed by atoms with Gasteiger partial charge in [-0.15, -0.1) is 0 Å². The summed E-state index contributed by atoms with van der Waals surface area (Å²) in [7, 11) is -2.51. The molecule has 0 radical (unpaired) electrons. The SMILES string of the molecule is Cc1ccccc1CN(Cc1cccnc1)C(=O)CN(C)S(=O)(=O)c1ccc(C#N)cc1. The maximum Gasteiger partial charge on any atom is 0.243 e. The number of amides is 1. The summed E-state index contributed by atoms with van der Waals surface area (Å²) in [6.07, 6.45) is 3.35. The molecule has 0 aliphatic heterocycles. The van der Waals surface area contributed by atoms with Crippen molar-refractivity contribution in [2.45, 2.75) is 24.9 Å². The van der Waals surface area contributed by atoms with Crippen molar-refractivity contribution in [3.05, 3.63) is 95.3 Å². The standard InChI is InChI=1S/C24H24N4O3S/c1-19-6-3-4-8-22(19)17-28(16-21-7-5-13-26-15-21)24(29)18-27(2)32(30,31)23-11-9-20(14-25)10-12-23/h3-13,15H,16-18H2,1-2H3. The number of nitriles is 1. The highest BCUT2D eigenvalue weighted by Gasteiger charge is 2.25. The summed E-state index contributed by atoms with van der Waals surface area (Å²) < 4.78 is 26.9. The largest absolute Gasteiger partial charge is 0.333 e. The number of rotatable bonds is 8. The number of aryl methyl sites for hydroxylation is 1. The summed E-state index contributed by atoms with van der Waals surface area (Å²) >= 11 is 0. The number of aromatic nitrogens is 1. The molecule has 8 heteroatoms. The number of carbonyl (C=O) groups is 1. The van der Waals surface area contributed by atoms with Gasteiger partial charge < -0.3 is 4.90 Å². The predicted octanol–water partition coefficient (Wildman–Crippen LogP) is 3.11. The first kappa shape index (κ1) is 23.1. The molecule has 1 aromatic heterocycles. The van der Waals surface area contributed by atoms with Crippen molar-refractivity contribution in [3.63, 3.8) is 0 Å². The topological polar surface area (TPSA) is 94.4 Å². The highest BCUT2D eigenvalue weighted by molar-refractivity contribution is 7.89. The Morgan fingerprint density at radius 1 is 1.03 bits per heavy atom. The molecule has 0 saturated carbocycles. The zero-order valence-corrected chi connectivity index (χ0v) is 18.8. The fourth-order valence-corrected chi connectivity index (χ4v) is 4.31. The molecule has 0 saturated heterocycles. The first-order valence-corrected chi connectivity index (χ1v) is 11.4. The van der Waals surface area contributed by atoms with Gasteiger partial charge in [0.1, 0.15) is 0 Å². The molecule has 0 aliphatic rings. The molecule has 0 bridgehead atoms. The van der Waals surface area contributed by atoms with Gasteiger partial charge in [0, 0.05) is 32.5 Å². The van der Waals surface area contributed by atoms with Crippen LogP contribution in [-0.2, 0) is 27.9 Å². The maximum absolute atomic E-state index is 13.2. The molecule has 0 aliphatic carbocycles. The van der Waals surface area contributed by atoms with Gasteiger partial charge in [0.2, 0.25) is 15.9 Å². The minimum atomic E-state index is -3.88. The van der Waals surface area contributed by atoms with Crippen LogP contribution < -0.4 is 0 Å². The molecule has 0 fully saturated rings. The molecule has 164 valence electrons. The van der Waals surface area contributed by atoms with Crippen molar-refractivity contribution in [3.8, 4) is 6.07 Å². The third-order valence-corrected chi connectivity index (χ3v) is 6.94. The second-order valence-electron chi connectivity index (χ2n) is 7.43. The average Bonchev–Trinajstić information content (AvgIpc) is 2.80. The van der Waals surface area contributed by atoms with Crippen LogP contribution in [0.2, 0.25) is 0 Å². The summed E-state index contributed by atoms with van der Waals surface area (Å²) in [5.41, 5.74) is 3.26. The number of hydrogen-bond acceptors (Lipinski definition) is 5. The van der Waals surface area contributed by atoms with E-state index in [1.54, 1.807) is 23.4 Å². The van der Waals surface area contributed by atoms with Gasteiger partial charge in [-0.25, -0.2) is 8.42 Å². The fourth-order valence-electron chi connectivity index (χ4n) is 3.19. The minimum Gasteiger partial charge on any atom is -0.333 e. The second-order valence-corrected chi connectivity index (χ2v) is 9.48. The zero-order valence-electron chi connectivity index (χ0n) is 18.0. The lowest BCUT2D eigenvalue weighted by atomic mass is 10.1. The average molecular weight is 449 g/mol. The molecule has 0 atom stereocenters. The van der Waals surface area contributed by atoms with Gasteiger partial charge in [0.15, 0.2) is 0 Å². The molecule has 2 aromatic carbocycles. The van der Waals surface area contributed by atoms with Gasteiger partial charge in [0.25, 0.3) is 0 Å². The molecule has 1 heterocycles. The highest BCUT2D eigenvalue weighted by Crippen LogP contribution is 2.17. The van der Waals surface area contributed by atoms with Gasteiger partial charge in [-0.3, -0.25) is 9.78 Å². The third kappa shape index (κ3) is 5.58. The monoisotopic (exact) mass is 448 g/mol. The minimum absolute atomic E-state index is 0.0320. The number of sulfonamides is 1. The van der Waals surface area contributed by atoms with Crippen molar-refractivity contribution >= 4 is 15.9 Å². The summed E-state index contributed by atoms with van der Waals surface area (Å²) in [4.78, 5) is 19.0. The first-order chi connectivity index (χ1) is 15.3. The van der Waals surface area contributed by atoms with Crippen molar-refractivity contribution in [2.75, 3.05) is 13.6 Å². The predicted molar refractivity (Wildman–Crippen MR) is 121 cm³/mol. The zero-order chi connectivity index (χ0) is 23.1. The smallest absolute Gasteiger partial charge is 0.243 e. The molecular formula is C24H24N4O3S. The summed E-state index contributed by atoms with van der Waals surface area (Å²) in [6.45, 7) is 2.33. The van der Waals surface area contributed by atoms with E-state index in [1.165, 1.54) is 31.3 Å². The van der Waals surface area contributed by atoms with E-state index in [0.717, 1.165) is 21.0 Å². The first-order valence-electron chi connectivity index (χ1n) is 9.99. The Morgan fingerprint density at radius 3 is 2.38 bits per heavy atom. The van der Waals surface area contributed by atoms with Crippen LogP contribution >= 0.6 is 0 Å². The van der Waals surface area contributed by atoms with Gasteiger partial charge in [-0.1, -0.05) is 30.3 Å². The lowest BCUT2D eigenvalue weighted by Gasteiger charge is -2.26. The highest BCUT2D eigenvalue weighted by atomic mass is 32.2. The van der Waals surface area contributed by atoms with Gasteiger partial charge in [-0.05, 0) is 53.9 Å². The number of hydrogen-bond donors (Lipinski definition) is 0. The molecule has 0 spiro atoms. The second kappa shape index (κ2) is 10.2. The van der Waals surface area contributed by atoms with Gasteiger partial charge in [-0.2, -0.15) is 9.57 Å². The third-order valence-electron chi connectivity index (χ3n) is 5.12. The van der Waals surface area contributed by atoms with E-state index >= 15 is 0 Å². The molecule has 1 amide bonds. The van der Waals surface area contributed by atoms with E-state index in [9.17, 15) is 13.2 Å². The van der Waals surface area contributed by atoms with Gasteiger partial charge in [0.05, 0.1) is 23.1 Å². The van der Waals surface area contributed by atoms with E-state index in [0.29, 0.717) is 18.7 Å². The Balaban J connectivity index is 1.81. The van der Waals surface area contributed by atoms with Crippen LogP contribution in [0.3, 0.4) is 0 Å². The van der Waals surface area contributed by atoms with Crippen LogP contribution in [-0.4, -0.2) is 42.1 Å². The molecular weight excluding hydrogens is 424 g/mol. The molecule has 3 aromatic rings. The van der Waals surface area contributed by atoms with Crippen molar-refractivity contribution in [2.24, 2.45) is 0 Å². The van der Waals surface area contributed by atoms with E-state index in [2.05, 4.69) is 4.98 Å². The van der Waals surface area contributed by atoms with Crippen LogP contribution in [0.1, 0.15) is 22.3 Å². The van der Waals surface area contributed by atoms with Crippen molar-refractivity contribution < 1.29 is 13.2 Å². The van der Waals surface area contributed by atoms with E-state index in [4.69, 9.17) is 5.26 Å². The van der Waals surface area contributed by atoms with E-state index < -0.39 is 10.0 Å². The number of benzene rings is 2. The fraction of sp³-hybridized carbons (Fsp3) is 0.208. The number of carbonyl (C=O) groups excluding carboxylic acids is 1. The van der Waals surface area contributed by atoms with Crippen molar-refractivity contribution in [1.29, 1.82) is 5.26 Å². The Kier molecular flexibility index (Phi) is 7.36. The number of nitrogens with zero attached hydrogens (tertiary/aromatic N) is 4. The Bertz CT molecular complexity index is 1220. The summed E-state index contributed by atoms with van der Waals surface area (Å²) in [6, 6.07) is 19.0. The van der Waals surface area contributed by atoms with Crippen LogP contribution in [0.5, 0.6) is 0 Å². The Labute approximate surface area is 188 Å². The van der Waals surface area contributed by atoms with Crippen molar-refractivity contribution in [1.82, 2.24) is 14.2 Å². The molecule has 0 N–H and O–H groups in total. The molecule has 3 rings (SSSR count). The Morgan fingerprint density at radius 2 is 1.75 bits per heavy atom. The van der Waals surface area contributed by atoms with E-state index in [1.807, 2.05) is 43.3 Å². The molecule has 0 unspecified atom stereocenters. The van der Waals surface area contributed by atoms with Gasteiger partial charge >= 0.3 is 0 Å². The quantitative estimate of drug-likeness (QED) is 0.528. The normalized spacial score (nSPS) is 11.2. The maximum atomic E-state index is 13.2.